The van der Waals surface area contributed by atoms with Crippen molar-refractivity contribution in [2.75, 3.05) is 0 Å². The van der Waals surface area contributed by atoms with Crippen LogP contribution >= 0.6 is 0 Å². The van der Waals surface area contributed by atoms with Gasteiger partial charge in [0, 0.05) is 0 Å². The first kappa shape index (κ1) is 10.5. The maximum atomic E-state index is 10.8. The molecule has 2 aromatic heterocycles. The molecule has 5 nitrogen and oxygen atoms in total. The van der Waals surface area contributed by atoms with Crippen molar-refractivity contribution >= 4 is 5.97 Å². The van der Waals surface area contributed by atoms with Crippen LogP contribution in [-0.4, -0.2) is 16.1 Å². The Balaban J connectivity index is 2.53. The minimum absolute atomic E-state index is 0.131. The smallest absolute Gasteiger partial charge is 0.373 e. The Labute approximate surface area is 91.7 Å². The molecule has 84 valence electrons. The molecule has 0 fully saturated rings. The zero-order chi connectivity index (χ0) is 11.9. The summed E-state index contributed by atoms with van der Waals surface area (Å²) in [5.41, 5.74) is 1.05. The van der Waals surface area contributed by atoms with Crippen molar-refractivity contribution in [3.8, 4) is 11.5 Å². The highest BCUT2D eigenvalue weighted by molar-refractivity contribution is 5.86. The number of nitrogens with zero attached hydrogens (tertiary/aromatic N) is 1. The van der Waals surface area contributed by atoms with E-state index < -0.39 is 5.97 Å². The number of hydrogen-bond donors (Lipinski definition) is 1. The van der Waals surface area contributed by atoms with Gasteiger partial charge in [-0.15, -0.1) is 0 Å². The van der Waals surface area contributed by atoms with Crippen molar-refractivity contribution in [3.05, 3.63) is 29.0 Å². The Morgan fingerprint density at radius 2 is 2.00 bits per heavy atom. The molecule has 0 radical (unpaired) electrons. The summed E-state index contributed by atoms with van der Waals surface area (Å²) in [5.74, 6) is 0.433. The number of aryl methyl sites for hydroxylation is 3. The van der Waals surface area contributed by atoms with E-state index in [2.05, 4.69) is 4.98 Å². The fraction of sp³-hybridized carbons (Fsp3) is 0.273. The molecule has 0 amide bonds. The molecule has 0 saturated heterocycles. The molecule has 0 unspecified atom stereocenters. The molecule has 0 spiro atoms. The second kappa shape index (κ2) is 3.52. The molecular weight excluding hydrogens is 210 g/mol. The lowest BCUT2D eigenvalue weighted by Gasteiger charge is -1.89. The highest BCUT2D eigenvalue weighted by Gasteiger charge is 2.19. The van der Waals surface area contributed by atoms with E-state index in [0.717, 1.165) is 5.76 Å². The van der Waals surface area contributed by atoms with Gasteiger partial charge in [0.2, 0.25) is 11.7 Å². The van der Waals surface area contributed by atoms with Crippen LogP contribution in [0.4, 0.5) is 0 Å². The van der Waals surface area contributed by atoms with Gasteiger partial charge in [0.15, 0.2) is 0 Å². The summed E-state index contributed by atoms with van der Waals surface area (Å²) < 4.78 is 10.5. The Morgan fingerprint density at radius 1 is 1.31 bits per heavy atom. The van der Waals surface area contributed by atoms with Gasteiger partial charge >= 0.3 is 5.97 Å². The van der Waals surface area contributed by atoms with E-state index >= 15 is 0 Å². The molecule has 5 heteroatoms. The Kier molecular flexibility index (Phi) is 2.30. The zero-order valence-electron chi connectivity index (χ0n) is 9.20. The van der Waals surface area contributed by atoms with Gasteiger partial charge in [-0.1, -0.05) is 0 Å². The molecule has 2 heterocycles. The minimum atomic E-state index is -1.12. The average Bonchev–Trinajstić information content (AvgIpc) is 2.69. The number of aromatic carboxylic acids is 1. The quantitative estimate of drug-likeness (QED) is 0.843. The molecule has 2 aromatic rings. The van der Waals surface area contributed by atoms with Gasteiger partial charge in [-0.25, -0.2) is 9.78 Å². The van der Waals surface area contributed by atoms with E-state index in [1.165, 1.54) is 0 Å². The lowest BCUT2D eigenvalue weighted by atomic mass is 10.2. The molecule has 0 aliphatic rings. The van der Waals surface area contributed by atoms with Crippen LogP contribution in [0.2, 0.25) is 0 Å². The van der Waals surface area contributed by atoms with Crippen molar-refractivity contribution in [1.29, 1.82) is 0 Å². The van der Waals surface area contributed by atoms with Gasteiger partial charge in [0.1, 0.15) is 11.5 Å². The fourth-order valence-electron chi connectivity index (χ4n) is 1.55. The third-order valence-corrected chi connectivity index (χ3v) is 2.26. The Hall–Kier alpha value is -2.04. The van der Waals surface area contributed by atoms with Crippen LogP contribution in [0.3, 0.4) is 0 Å². The number of carboxylic acid groups (broad SMARTS) is 1. The third-order valence-electron chi connectivity index (χ3n) is 2.26. The first-order valence-corrected chi connectivity index (χ1v) is 4.77. The van der Waals surface area contributed by atoms with Crippen LogP contribution in [0.25, 0.3) is 11.5 Å². The summed E-state index contributed by atoms with van der Waals surface area (Å²) in [7, 11) is 0. The number of aromatic nitrogens is 1. The topological polar surface area (TPSA) is 76.5 Å². The second-order valence-electron chi connectivity index (χ2n) is 3.57. The predicted molar refractivity (Wildman–Crippen MR) is 55.4 cm³/mol. The standard InChI is InChI=1S/C11H11NO4/c1-5-4-8(7(3)15-5)10-12-6(2)9(16-10)11(13)14/h4H,1-3H3,(H,13,14). The molecule has 0 aliphatic carbocycles. The highest BCUT2D eigenvalue weighted by Crippen LogP contribution is 2.27. The fourth-order valence-corrected chi connectivity index (χ4v) is 1.55. The minimum Gasteiger partial charge on any atom is -0.475 e. The van der Waals surface area contributed by atoms with Gasteiger partial charge in [0.25, 0.3) is 0 Å². The summed E-state index contributed by atoms with van der Waals surface area (Å²) in [4.78, 5) is 14.9. The second-order valence-corrected chi connectivity index (χ2v) is 3.57. The van der Waals surface area contributed by atoms with Gasteiger partial charge in [0.05, 0.1) is 11.3 Å². The number of rotatable bonds is 2. The van der Waals surface area contributed by atoms with Gasteiger partial charge in [-0.2, -0.15) is 0 Å². The van der Waals surface area contributed by atoms with Gasteiger partial charge in [-0.05, 0) is 26.8 Å². The Morgan fingerprint density at radius 3 is 2.44 bits per heavy atom. The third kappa shape index (κ3) is 1.60. The highest BCUT2D eigenvalue weighted by atomic mass is 16.4. The molecule has 16 heavy (non-hydrogen) atoms. The van der Waals surface area contributed by atoms with E-state index in [1.807, 2.05) is 6.92 Å². The van der Waals surface area contributed by atoms with Crippen molar-refractivity contribution < 1.29 is 18.7 Å². The molecule has 0 saturated carbocycles. The molecular formula is C11H11NO4. The van der Waals surface area contributed by atoms with Gasteiger partial charge < -0.3 is 13.9 Å². The van der Waals surface area contributed by atoms with E-state index in [0.29, 0.717) is 17.0 Å². The van der Waals surface area contributed by atoms with E-state index in [4.69, 9.17) is 13.9 Å². The summed E-state index contributed by atoms with van der Waals surface area (Å²) in [6.45, 7) is 5.19. The van der Waals surface area contributed by atoms with Crippen molar-refractivity contribution in [2.45, 2.75) is 20.8 Å². The SMILES string of the molecule is Cc1cc(-c2nc(C)c(C(=O)O)o2)c(C)o1. The van der Waals surface area contributed by atoms with Crippen LogP contribution in [0.5, 0.6) is 0 Å². The maximum absolute atomic E-state index is 10.8. The number of carboxylic acids is 1. The summed E-state index contributed by atoms with van der Waals surface area (Å²) in [6.07, 6.45) is 0. The van der Waals surface area contributed by atoms with Crippen LogP contribution in [0.1, 0.15) is 27.8 Å². The zero-order valence-corrected chi connectivity index (χ0v) is 9.20. The van der Waals surface area contributed by atoms with E-state index in [1.54, 1.807) is 19.9 Å². The van der Waals surface area contributed by atoms with Gasteiger partial charge in [-0.3, -0.25) is 0 Å². The lowest BCUT2D eigenvalue weighted by Crippen LogP contribution is -1.95. The van der Waals surface area contributed by atoms with Crippen LogP contribution in [0.15, 0.2) is 14.9 Å². The normalized spacial score (nSPS) is 10.7. The molecule has 2 rings (SSSR count). The van der Waals surface area contributed by atoms with Crippen molar-refractivity contribution in [3.63, 3.8) is 0 Å². The molecule has 0 aromatic carbocycles. The van der Waals surface area contributed by atoms with E-state index in [-0.39, 0.29) is 11.7 Å². The molecule has 0 aliphatic heterocycles. The largest absolute Gasteiger partial charge is 0.475 e. The molecule has 1 N–H and O–H groups in total. The van der Waals surface area contributed by atoms with Crippen LogP contribution in [-0.2, 0) is 0 Å². The first-order chi connectivity index (χ1) is 7.49. The monoisotopic (exact) mass is 221 g/mol. The first-order valence-electron chi connectivity index (χ1n) is 4.77. The van der Waals surface area contributed by atoms with Crippen LogP contribution in [0, 0.1) is 20.8 Å². The average molecular weight is 221 g/mol. The number of oxazole rings is 1. The molecule has 0 bridgehead atoms. The molecule has 0 atom stereocenters. The van der Waals surface area contributed by atoms with Crippen LogP contribution < -0.4 is 0 Å². The van der Waals surface area contributed by atoms with Crippen molar-refractivity contribution in [2.24, 2.45) is 0 Å². The van der Waals surface area contributed by atoms with E-state index in [9.17, 15) is 4.79 Å². The number of hydrogen-bond acceptors (Lipinski definition) is 4. The Bertz CT molecular complexity index is 550. The summed E-state index contributed by atoms with van der Waals surface area (Å²) >= 11 is 0. The summed E-state index contributed by atoms with van der Waals surface area (Å²) in [6, 6.07) is 1.77. The lowest BCUT2D eigenvalue weighted by molar-refractivity contribution is 0.0662. The predicted octanol–water partition coefficient (Wildman–Crippen LogP) is 2.56. The number of carbonyl (C=O) groups is 1. The maximum Gasteiger partial charge on any atom is 0.373 e. The van der Waals surface area contributed by atoms with Crippen molar-refractivity contribution in [1.82, 2.24) is 4.98 Å². The summed E-state index contributed by atoms with van der Waals surface area (Å²) in [5, 5.41) is 8.84. The number of furan rings is 1.